The van der Waals surface area contributed by atoms with Gasteiger partial charge in [-0.2, -0.15) is 0 Å². The Morgan fingerprint density at radius 3 is 2.75 bits per heavy atom. The third-order valence-corrected chi connectivity index (χ3v) is 4.24. The van der Waals surface area contributed by atoms with E-state index in [-0.39, 0.29) is 11.9 Å². The first-order chi connectivity index (χ1) is 9.58. The van der Waals surface area contributed by atoms with Gasteiger partial charge in [-0.15, -0.1) is 11.3 Å². The third kappa shape index (κ3) is 3.19. The maximum absolute atomic E-state index is 12.1. The quantitative estimate of drug-likeness (QED) is 0.790. The highest BCUT2D eigenvalue weighted by Gasteiger charge is 2.32. The molecule has 5 nitrogen and oxygen atoms in total. The smallest absolute Gasteiger partial charge is 0.341 e. The highest BCUT2D eigenvalue weighted by Crippen LogP contribution is 2.46. The van der Waals surface area contributed by atoms with Gasteiger partial charge in [-0.3, -0.25) is 4.79 Å². The molecule has 20 heavy (non-hydrogen) atoms. The summed E-state index contributed by atoms with van der Waals surface area (Å²) in [6.07, 6.45) is 2.73. The number of ether oxygens (including phenoxy) is 1. The van der Waals surface area contributed by atoms with Gasteiger partial charge in [0, 0.05) is 0 Å². The zero-order valence-electron chi connectivity index (χ0n) is 11.8. The van der Waals surface area contributed by atoms with E-state index in [1.165, 1.54) is 11.3 Å². The molecule has 1 fully saturated rings. The van der Waals surface area contributed by atoms with Crippen molar-refractivity contribution in [3.8, 4) is 0 Å². The van der Waals surface area contributed by atoms with Crippen molar-refractivity contribution in [1.82, 2.24) is 0 Å². The first kappa shape index (κ1) is 15.0. The third-order valence-electron chi connectivity index (χ3n) is 3.33. The fraction of sp³-hybridized carbons (Fsp3) is 0.571. The zero-order valence-corrected chi connectivity index (χ0v) is 12.6. The highest BCUT2D eigenvalue weighted by molar-refractivity contribution is 7.15. The molecule has 0 radical (unpaired) electrons. The number of hydrogen-bond acceptors (Lipinski definition) is 5. The minimum atomic E-state index is -0.559. The van der Waals surface area contributed by atoms with Crippen LogP contribution in [-0.2, 0) is 9.53 Å². The molecule has 2 rings (SSSR count). The standard InChI is InChI=1S/C14H20N2O3S/c1-3-10(15)12(17)16-13-11(14(18)19-4-2)9(7-20-13)8-5-6-8/h7-8,10H,3-6,15H2,1-2H3,(H,16,17). The summed E-state index contributed by atoms with van der Waals surface area (Å²) >= 11 is 1.37. The molecule has 0 spiro atoms. The van der Waals surface area contributed by atoms with Crippen LogP contribution in [0.3, 0.4) is 0 Å². The first-order valence-corrected chi connectivity index (χ1v) is 7.81. The zero-order chi connectivity index (χ0) is 14.7. The van der Waals surface area contributed by atoms with Crippen LogP contribution >= 0.6 is 11.3 Å². The van der Waals surface area contributed by atoms with Crippen molar-refractivity contribution in [3.63, 3.8) is 0 Å². The Bertz CT molecular complexity index is 509. The molecular weight excluding hydrogens is 276 g/mol. The number of carbonyl (C=O) groups excluding carboxylic acids is 2. The van der Waals surface area contributed by atoms with Gasteiger partial charge in [0.15, 0.2) is 0 Å². The van der Waals surface area contributed by atoms with E-state index in [2.05, 4.69) is 5.32 Å². The fourth-order valence-electron chi connectivity index (χ4n) is 1.96. The van der Waals surface area contributed by atoms with E-state index < -0.39 is 6.04 Å². The minimum Gasteiger partial charge on any atom is -0.462 e. The number of nitrogens with two attached hydrogens (primary N) is 1. The SMILES string of the molecule is CCOC(=O)c1c(C2CC2)csc1NC(=O)C(N)CC. The van der Waals surface area contributed by atoms with Crippen LogP contribution in [0, 0.1) is 0 Å². The number of anilines is 1. The van der Waals surface area contributed by atoms with Crippen molar-refractivity contribution in [2.24, 2.45) is 5.73 Å². The van der Waals surface area contributed by atoms with Gasteiger partial charge in [0.25, 0.3) is 0 Å². The molecule has 1 atom stereocenters. The van der Waals surface area contributed by atoms with Crippen molar-refractivity contribution in [2.75, 3.05) is 11.9 Å². The van der Waals surface area contributed by atoms with Gasteiger partial charge in [-0.1, -0.05) is 6.92 Å². The predicted octanol–water partition coefficient (Wildman–Crippen LogP) is 2.48. The van der Waals surface area contributed by atoms with Crippen molar-refractivity contribution in [1.29, 1.82) is 0 Å². The Kier molecular flexibility index (Phi) is 4.77. The van der Waals surface area contributed by atoms with Gasteiger partial charge in [-0.25, -0.2) is 4.79 Å². The number of amides is 1. The molecule has 110 valence electrons. The Morgan fingerprint density at radius 2 is 2.20 bits per heavy atom. The summed E-state index contributed by atoms with van der Waals surface area (Å²) in [5, 5.41) is 5.25. The van der Waals surface area contributed by atoms with E-state index in [1.807, 2.05) is 12.3 Å². The molecule has 1 aromatic rings. The molecule has 1 aliphatic carbocycles. The number of thiophene rings is 1. The van der Waals surface area contributed by atoms with Crippen LogP contribution in [0.5, 0.6) is 0 Å². The average molecular weight is 296 g/mol. The van der Waals surface area contributed by atoms with E-state index in [9.17, 15) is 9.59 Å². The van der Waals surface area contributed by atoms with Crippen LogP contribution in [0.15, 0.2) is 5.38 Å². The number of nitrogens with one attached hydrogen (secondary N) is 1. The van der Waals surface area contributed by atoms with Gasteiger partial charge in [0.05, 0.1) is 18.2 Å². The summed E-state index contributed by atoms with van der Waals surface area (Å²) < 4.78 is 5.10. The van der Waals surface area contributed by atoms with Gasteiger partial charge in [0.2, 0.25) is 5.91 Å². The van der Waals surface area contributed by atoms with Gasteiger partial charge in [0.1, 0.15) is 5.00 Å². The van der Waals surface area contributed by atoms with E-state index >= 15 is 0 Å². The molecule has 1 aromatic heterocycles. The molecule has 0 saturated heterocycles. The van der Waals surface area contributed by atoms with Crippen molar-refractivity contribution in [3.05, 3.63) is 16.5 Å². The van der Waals surface area contributed by atoms with Gasteiger partial charge in [-0.05, 0) is 43.0 Å². The highest BCUT2D eigenvalue weighted by atomic mass is 32.1. The van der Waals surface area contributed by atoms with Crippen molar-refractivity contribution < 1.29 is 14.3 Å². The van der Waals surface area contributed by atoms with Crippen molar-refractivity contribution >= 4 is 28.2 Å². The molecule has 6 heteroatoms. The Morgan fingerprint density at radius 1 is 1.50 bits per heavy atom. The molecule has 1 heterocycles. The van der Waals surface area contributed by atoms with Crippen LogP contribution in [0.1, 0.15) is 54.9 Å². The molecule has 1 amide bonds. The summed E-state index contributed by atoms with van der Waals surface area (Å²) in [7, 11) is 0. The minimum absolute atomic E-state index is 0.262. The molecule has 1 aliphatic rings. The van der Waals surface area contributed by atoms with Crippen LogP contribution in [0.25, 0.3) is 0 Å². The fourth-order valence-corrected chi connectivity index (χ4v) is 3.00. The monoisotopic (exact) mass is 296 g/mol. The van der Waals surface area contributed by atoms with Crippen LogP contribution in [-0.4, -0.2) is 24.5 Å². The molecule has 0 bridgehead atoms. The van der Waals surface area contributed by atoms with Crippen LogP contribution in [0.4, 0.5) is 5.00 Å². The lowest BCUT2D eigenvalue weighted by atomic mass is 10.1. The second kappa shape index (κ2) is 6.37. The van der Waals surface area contributed by atoms with Crippen molar-refractivity contribution in [2.45, 2.75) is 45.1 Å². The average Bonchev–Trinajstić information content (AvgIpc) is 3.19. The van der Waals surface area contributed by atoms with E-state index in [4.69, 9.17) is 10.5 Å². The lowest BCUT2D eigenvalue weighted by Gasteiger charge is -2.11. The van der Waals surface area contributed by atoms with E-state index in [0.29, 0.717) is 29.5 Å². The summed E-state index contributed by atoms with van der Waals surface area (Å²) in [6, 6.07) is -0.559. The topological polar surface area (TPSA) is 81.4 Å². The Hall–Kier alpha value is -1.40. The molecule has 0 aliphatic heterocycles. The maximum Gasteiger partial charge on any atom is 0.341 e. The molecular formula is C14H20N2O3S. The largest absolute Gasteiger partial charge is 0.462 e. The van der Waals surface area contributed by atoms with Crippen LogP contribution in [0.2, 0.25) is 0 Å². The second-order valence-corrected chi connectivity index (χ2v) is 5.77. The molecule has 3 N–H and O–H groups in total. The van der Waals surface area contributed by atoms with E-state index in [1.54, 1.807) is 6.92 Å². The number of hydrogen-bond donors (Lipinski definition) is 2. The summed E-state index contributed by atoms with van der Waals surface area (Å²) in [6.45, 7) is 3.94. The first-order valence-electron chi connectivity index (χ1n) is 6.93. The number of rotatable bonds is 6. The molecule has 1 saturated carbocycles. The normalized spacial score (nSPS) is 15.8. The summed E-state index contributed by atoms with van der Waals surface area (Å²) in [5.41, 5.74) is 7.21. The predicted molar refractivity (Wildman–Crippen MR) is 79.1 cm³/mol. The van der Waals surface area contributed by atoms with Crippen LogP contribution < -0.4 is 11.1 Å². The molecule has 0 aromatic carbocycles. The number of esters is 1. The Balaban J connectivity index is 2.23. The lowest BCUT2D eigenvalue weighted by molar-refractivity contribution is -0.117. The summed E-state index contributed by atoms with van der Waals surface area (Å²) in [4.78, 5) is 24.0. The summed E-state index contributed by atoms with van der Waals surface area (Å²) in [5.74, 6) is -0.200. The Labute approximate surface area is 122 Å². The number of carbonyl (C=O) groups is 2. The van der Waals surface area contributed by atoms with Gasteiger partial charge < -0.3 is 15.8 Å². The second-order valence-electron chi connectivity index (χ2n) is 4.89. The lowest BCUT2D eigenvalue weighted by Crippen LogP contribution is -2.35. The molecule has 1 unspecified atom stereocenters. The van der Waals surface area contributed by atoms with E-state index in [0.717, 1.165) is 18.4 Å². The van der Waals surface area contributed by atoms with Gasteiger partial charge >= 0.3 is 5.97 Å². The maximum atomic E-state index is 12.1.